The molecule has 1 atom stereocenters. The number of hydrogen-bond acceptors (Lipinski definition) is 2. The lowest BCUT2D eigenvalue weighted by molar-refractivity contribution is -0.116. The molecule has 1 aliphatic heterocycles. The highest BCUT2D eigenvalue weighted by molar-refractivity contribution is 5.97. The molecule has 3 nitrogen and oxygen atoms in total. The first-order valence-corrected chi connectivity index (χ1v) is 6.74. The number of halogens is 2. The number of aryl methyl sites for hydroxylation is 1. The molecule has 0 aliphatic carbocycles. The second-order valence-corrected chi connectivity index (χ2v) is 5.01. The van der Waals surface area contributed by atoms with Gasteiger partial charge in [-0.05, 0) is 36.6 Å². The molecule has 0 saturated carbocycles. The van der Waals surface area contributed by atoms with Gasteiger partial charge >= 0.3 is 0 Å². The van der Waals surface area contributed by atoms with Gasteiger partial charge in [0, 0.05) is 11.8 Å². The molecule has 0 spiro atoms. The molecule has 2 aromatic rings. The number of carbonyl (C=O) groups is 1. The van der Waals surface area contributed by atoms with Gasteiger partial charge in [-0.15, -0.1) is 0 Å². The normalized spacial score (nSPS) is 17.6. The molecule has 1 unspecified atom stereocenters. The maximum atomic E-state index is 13.7. The van der Waals surface area contributed by atoms with Crippen molar-refractivity contribution in [3.05, 3.63) is 59.7 Å². The number of carbonyl (C=O) groups excluding carboxylic acids is 1. The van der Waals surface area contributed by atoms with Crippen LogP contribution >= 0.6 is 0 Å². The van der Waals surface area contributed by atoms with Crippen LogP contribution in [0, 0.1) is 11.6 Å². The Labute approximate surface area is 121 Å². The number of nitrogens with one attached hydrogen (secondary N) is 2. The highest BCUT2D eigenvalue weighted by Gasteiger charge is 2.24. The van der Waals surface area contributed by atoms with Crippen LogP contribution < -0.4 is 10.6 Å². The van der Waals surface area contributed by atoms with Gasteiger partial charge in [-0.3, -0.25) is 4.79 Å². The van der Waals surface area contributed by atoms with E-state index >= 15 is 0 Å². The summed E-state index contributed by atoms with van der Waals surface area (Å²) in [6, 6.07) is 10.3. The first-order chi connectivity index (χ1) is 10.1. The Morgan fingerprint density at radius 3 is 2.76 bits per heavy atom. The van der Waals surface area contributed by atoms with Crippen LogP contribution in [0.5, 0.6) is 0 Å². The number of anilines is 2. The van der Waals surface area contributed by atoms with E-state index in [1.807, 2.05) is 24.3 Å². The van der Waals surface area contributed by atoms with Gasteiger partial charge in [0.15, 0.2) is 0 Å². The Hall–Kier alpha value is -2.43. The van der Waals surface area contributed by atoms with Crippen LogP contribution in [-0.4, -0.2) is 11.9 Å². The lowest BCUT2D eigenvalue weighted by atomic mass is 10.1. The molecule has 5 heteroatoms. The van der Waals surface area contributed by atoms with E-state index in [2.05, 4.69) is 10.6 Å². The number of rotatable bonds is 2. The van der Waals surface area contributed by atoms with Gasteiger partial charge in [0.25, 0.3) is 0 Å². The molecule has 1 heterocycles. The third-order valence-corrected chi connectivity index (χ3v) is 3.55. The van der Waals surface area contributed by atoms with E-state index in [1.165, 1.54) is 6.07 Å². The lowest BCUT2D eigenvalue weighted by Gasteiger charge is -2.17. The number of benzene rings is 2. The summed E-state index contributed by atoms with van der Waals surface area (Å²) in [5.74, 6) is -1.57. The van der Waals surface area contributed by atoms with E-state index in [-0.39, 0.29) is 11.6 Å². The van der Waals surface area contributed by atoms with Crippen molar-refractivity contribution in [2.75, 3.05) is 10.6 Å². The minimum atomic E-state index is -0.704. The van der Waals surface area contributed by atoms with Gasteiger partial charge in [-0.2, -0.15) is 0 Å². The van der Waals surface area contributed by atoms with Gasteiger partial charge in [0.2, 0.25) is 5.91 Å². The molecule has 0 bridgehead atoms. The van der Waals surface area contributed by atoms with Crippen molar-refractivity contribution in [2.45, 2.75) is 18.9 Å². The van der Waals surface area contributed by atoms with E-state index in [0.717, 1.165) is 23.4 Å². The van der Waals surface area contributed by atoms with Crippen LogP contribution in [0.15, 0.2) is 42.5 Å². The Morgan fingerprint density at radius 2 is 1.95 bits per heavy atom. The summed E-state index contributed by atoms with van der Waals surface area (Å²) >= 11 is 0. The summed E-state index contributed by atoms with van der Waals surface area (Å²) < 4.78 is 26.6. The van der Waals surface area contributed by atoms with Crippen molar-refractivity contribution >= 4 is 17.3 Å². The summed E-state index contributed by atoms with van der Waals surface area (Å²) in [6.07, 6.45) is 1.25. The highest BCUT2D eigenvalue weighted by atomic mass is 19.1. The Balaban J connectivity index is 1.80. The third-order valence-electron chi connectivity index (χ3n) is 3.55. The van der Waals surface area contributed by atoms with Crippen LogP contribution in [0.3, 0.4) is 0 Å². The summed E-state index contributed by atoms with van der Waals surface area (Å²) in [5.41, 5.74) is 1.96. The second kappa shape index (κ2) is 5.52. The van der Waals surface area contributed by atoms with E-state index in [0.29, 0.717) is 12.8 Å². The maximum Gasteiger partial charge on any atom is 0.246 e. The SMILES string of the molecule is O=C1Nc2ccccc2CCC1Nc1ccc(F)cc1F. The molecule has 1 amide bonds. The molecule has 21 heavy (non-hydrogen) atoms. The fourth-order valence-corrected chi connectivity index (χ4v) is 2.44. The zero-order chi connectivity index (χ0) is 14.8. The van der Waals surface area contributed by atoms with Crippen molar-refractivity contribution < 1.29 is 13.6 Å². The fraction of sp³-hybridized carbons (Fsp3) is 0.188. The lowest BCUT2D eigenvalue weighted by Crippen LogP contribution is -2.33. The summed E-state index contributed by atoms with van der Waals surface area (Å²) in [4.78, 5) is 12.2. The Morgan fingerprint density at radius 1 is 1.14 bits per heavy atom. The van der Waals surface area contributed by atoms with Crippen molar-refractivity contribution in [3.8, 4) is 0 Å². The number of amides is 1. The minimum absolute atomic E-state index is 0.127. The van der Waals surface area contributed by atoms with Gasteiger partial charge in [0.05, 0.1) is 5.69 Å². The Bertz CT molecular complexity index is 688. The van der Waals surface area contributed by atoms with Crippen LogP contribution in [0.4, 0.5) is 20.2 Å². The predicted molar refractivity (Wildman–Crippen MR) is 77.2 cm³/mol. The first kappa shape index (κ1) is 13.5. The fourth-order valence-electron chi connectivity index (χ4n) is 2.44. The zero-order valence-electron chi connectivity index (χ0n) is 11.2. The quantitative estimate of drug-likeness (QED) is 0.890. The largest absolute Gasteiger partial charge is 0.371 e. The van der Waals surface area contributed by atoms with Crippen molar-refractivity contribution in [1.82, 2.24) is 0 Å². The number of para-hydroxylation sites is 1. The van der Waals surface area contributed by atoms with Crippen LogP contribution in [0.1, 0.15) is 12.0 Å². The maximum absolute atomic E-state index is 13.7. The highest BCUT2D eigenvalue weighted by Crippen LogP contribution is 2.24. The van der Waals surface area contributed by atoms with Gasteiger partial charge < -0.3 is 10.6 Å². The van der Waals surface area contributed by atoms with Gasteiger partial charge in [-0.25, -0.2) is 8.78 Å². The van der Waals surface area contributed by atoms with E-state index in [1.54, 1.807) is 0 Å². The van der Waals surface area contributed by atoms with E-state index in [9.17, 15) is 13.6 Å². The monoisotopic (exact) mass is 288 g/mol. The average molecular weight is 288 g/mol. The van der Waals surface area contributed by atoms with E-state index in [4.69, 9.17) is 0 Å². The molecule has 2 aromatic carbocycles. The van der Waals surface area contributed by atoms with Crippen molar-refractivity contribution in [1.29, 1.82) is 0 Å². The molecule has 3 rings (SSSR count). The molecule has 108 valence electrons. The van der Waals surface area contributed by atoms with Gasteiger partial charge in [-0.1, -0.05) is 18.2 Å². The molecule has 2 N–H and O–H groups in total. The number of hydrogen-bond donors (Lipinski definition) is 2. The molecule has 0 aromatic heterocycles. The minimum Gasteiger partial charge on any atom is -0.371 e. The average Bonchev–Trinajstić information content (AvgIpc) is 2.61. The third kappa shape index (κ3) is 2.86. The number of fused-ring (bicyclic) bond motifs is 1. The standard InChI is InChI=1S/C16H14F2N2O/c17-11-6-8-14(12(18)9-11)19-15-7-5-10-3-1-2-4-13(10)20-16(15)21/h1-4,6,8-9,15,19H,5,7H2,(H,20,21). The second-order valence-electron chi connectivity index (χ2n) is 5.01. The van der Waals surface area contributed by atoms with Crippen molar-refractivity contribution in [3.63, 3.8) is 0 Å². The molecular weight excluding hydrogens is 274 g/mol. The zero-order valence-corrected chi connectivity index (χ0v) is 11.2. The molecule has 0 saturated heterocycles. The van der Waals surface area contributed by atoms with Gasteiger partial charge in [0.1, 0.15) is 17.7 Å². The smallest absolute Gasteiger partial charge is 0.246 e. The Kier molecular flexibility index (Phi) is 3.56. The van der Waals surface area contributed by atoms with E-state index < -0.39 is 17.7 Å². The summed E-state index contributed by atoms with van der Waals surface area (Å²) in [7, 11) is 0. The van der Waals surface area contributed by atoms with Crippen LogP contribution in [0.2, 0.25) is 0 Å². The topological polar surface area (TPSA) is 41.1 Å². The van der Waals surface area contributed by atoms with Crippen molar-refractivity contribution in [2.24, 2.45) is 0 Å². The van der Waals surface area contributed by atoms with Crippen LogP contribution in [-0.2, 0) is 11.2 Å². The predicted octanol–water partition coefficient (Wildman–Crippen LogP) is 3.33. The van der Waals surface area contributed by atoms with Crippen LogP contribution in [0.25, 0.3) is 0 Å². The molecular formula is C16H14F2N2O. The molecule has 0 radical (unpaired) electrons. The summed E-state index contributed by atoms with van der Waals surface area (Å²) in [6.45, 7) is 0. The summed E-state index contributed by atoms with van der Waals surface area (Å²) in [5, 5.41) is 5.67. The molecule has 0 fully saturated rings. The molecule has 1 aliphatic rings. The first-order valence-electron chi connectivity index (χ1n) is 6.74.